The van der Waals surface area contributed by atoms with Crippen molar-refractivity contribution in [3.63, 3.8) is 0 Å². The van der Waals surface area contributed by atoms with Gasteiger partial charge < -0.3 is 5.73 Å². The highest BCUT2D eigenvalue weighted by atomic mass is 19.2. The van der Waals surface area contributed by atoms with Gasteiger partial charge in [0.15, 0.2) is 23.3 Å². The van der Waals surface area contributed by atoms with Gasteiger partial charge in [-0.1, -0.05) is 0 Å². The Hall–Kier alpha value is -2.05. The average Bonchev–Trinajstić information content (AvgIpc) is 2.67. The van der Waals surface area contributed by atoms with E-state index in [4.69, 9.17) is 5.73 Å². The van der Waals surface area contributed by atoms with Gasteiger partial charge in [-0.2, -0.15) is 5.10 Å². The Morgan fingerprint density at radius 1 is 1.06 bits per heavy atom. The Morgan fingerprint density at radius 2 is 1.75 bits per heavy atom. The molecule has 7 heteroatoms. The number of nitrogens with two attached hydrogens (primary N) is 1. The number of anilines is 1. The smallest absolute Gasteiger partial charge is 0.198 e. The highest BCUT2D eigenvalue weighted by molar-refractivity contribution is 5.72. The van der Waals surface area contributed by atoms with Crippen LogP contribution in [0.25, 0.3) is 11.3 Å². The zero-order chi connectivity index (χ0) is 11.9. The minimum absolute atomic E-state index is 0.00399. The Balaban J connectivity index is 2.72. The van der Waals surface area contributed by atoms with Crippen LogP contribution < -0.4 is 5.73 Å². The average molecular weight is 231 g/mol. The van der Waals surface area contributed by atoms with E-state index in [1.54, 1.807) is 0 Å². The molecule has 3 N–H and O–H groups in total. The molecule has 0 unspecified atom stereocenters. The Kier molecular flexibility index (Phi) is 2.30. The summed E-state index contributed by atoms with van der Waals surface area (Å²) in [6.45, 7) is 0. The molecule has 1 heterocycles. The monoisotopic (exact) mass is 231 g/mol. The van der Waals surface area contributed by atoms with Gasteiger partial charge >= 0.3 is 0 Å². The molecule has 16 heavy (non-hydrogen) atoms. The third-order valence-electron chi connectivity index (χ3n) is 2.04. The molecule has 2 aromatic rings. The summed E-state index contributed by atoms with van der Waals surface area (Å²) in [6.07, 6.45) is 1.15. The van der Waals surface area contributed by atoms with Gasteiger partial charge in [0.25, 0.3) is 0 Å². The SMILES string of the molecule is Nc1cn[nH]c1-c1cc(F)c(F)c(F)c1F. The van der Waals surface area contributed by atoms with Crippen LogP contribution in [0.4, 0.5) is 23.2 Å². The maximum absolute atomic E-state index is 13.3. The van der Waals surface area contributed by atoms with Gasteiger partial charge in [-0.05, 0) is 6.07 Å². The fourth-order valence-corrected chi connectivity index (χ4v) is 1.27. The largest absolute Gasteiger partial charge is 0.396 e. The van der Waals surface area contributed by atoms with Crippen molar-refractivity contribution in [1.29, 1.82) is 0 Å². The molecule has 0 fully saturated rings. The maximum Gasteiger partial charge on any atom is 0.198 e. The van der Waals surface area contributed by atoms with Crippen molar-refractivity contribution < 1.29 is 17.6 Å². The van der Waals surface area contributed by atoms with Crippen LogP contribution in [-0.4, -0.2) is 10.2 Å². The number of hydrogen-bond donors (Lipinski definition) is 2. The fourth-order valence-electron chi connectivity index (χ4n) is 1.27. The Labute approximate surface area is 86.9 Å². The molecule has 0 bridgehead atoms. The first-order valence-corrected chi connectivity index (χ1v) is 4.14. The van der Waals surface area contributed by atoms with E-state index in [1.807, 2.05) is 0 Å². The number of aromatic amines is 1. The van der Waals surface area contributed by atoms with Crippen molar-refractivity contribution in [1.82, 2.24) is 10.2 Å². The summed E-state index contributed by atoms with van der Waals surface area (Å²) in [7, 11) is 0. The van der Waals surface area contributed by atoms with Gasteiger partial charge in [0.2, 0.25) is 0 Å². The molecule has 1 aromatic heterocycles. The van der Waals surface area contributed by atoms with Crippen LogP contribution in [0.1, 0.15) is 0 Å². The number of nitrogens with zero attached hydrogens (tertiary/aromatic N) is 1. The first-order valence-electron chi connectivity index (χ1n) is 4.14. The first-order chi connectivity index (χ1) is 7.52. The molecule has 0 spiro atoms. The third-order valence-corrected chi connectivity index (χ3v) is 2.04. The molecule has 0 amide bonds. The molecular weight excluding hydrogens is 226 g/mol. The van der Waals surface area contributed by atoms with Crippen LogP contribution in [-0.2, 0) is 0 Å². The minimum Gasteiger partial charge on any atom is -0.396 e. The highest BCUT2D eigenvalue weighted by Gasteiger charge is 2.21. The number of rotatable bonds is 1. The first kappa shape index (κ1) is 10.5. The van der Waals surface area contributed by atoms with E-state index in [1.165, 1.54) is 0 Å². The minimum atomic E-state index is -1.89. The number of H-pyrrole nitrogens is 1. The quantitative estimate of drug-likeness (QED) is 0.449. The number of nitrogen functional groups attached to an aromatic ring is 1. The van der Waals surface area contributed by atoms with E-state index in [9.17, 15) is 17.6 Å². The highest BCUT2D eigenvalue weighted by Crippen LogP contribution is 2.29. The van der Waals surface area contributed by atoms with Crippen molar-refractivity contribution in [2.24, 2.45) is 0 Å². The summed E-state index contributed by atoms with van der Waals surface area (Å²) in [5, 5.41) is 5.73. The molecule has 0 saturated carbocycles. The number of nitrogens with one attached hydrogen (secondary N) is 1. The second-order valence-electron chi connectivity index (χ2n) is 3.05. The van der Waals surface area contributed by atoms with Crippen LogP contribution in [0, 0.1) is 23.3 Å². The van der Waals surface area contributed by atoms with Gasteiger partial charge in [-0.15, -0.1) is 0 Å². The zero-order valence-corrected chi connectivity index (χ0v) is 7.69. The van der Waals surface area contributed by atoms with E-state index >= 15 is 0 Å². The second-order valence-corrected chi connectivity index (χ2v) is 3.05. The molecule has 0 aliphatic carbocycles. The number of halogens is 4. The number of aromatic nitrogens is 2. The maximum atomic E-state index is 13.3. The van der Waals surface area contributed by atoms with Crippen LogP contribution in [0.15, 0.2) is 12.3 Å². The summed E-state index contributed by atoms with van der Waals surface area (Å²) in [5.41, 5.74) is 4.78. The summed E-state index contributed by atoms with van der Waals surface area (Å²) in [6, 6.07) is 0.512. The van der Waals surface area contributed by atoms with Gasteiger partial charge in [-0.25, -0.2) is 17.6 Å². The lowest BCUT2D eigenvalue weighted by Gasteiger charge is -2.04. The molecule has 1 aromatic carbocycles. The topological polar surface area (TPSA) is 54.7 Å². The normalized spacial score (nSPS) is 10.8. The summed E-state index contributed by atoms with van der Waals surface area (Å²) in [4.78, 5) is 0. The van der Waals surface area contributed by atoms with E-state index in [0.717, 1.165) is 6.20 Å². The lowest BCUT2D eigenvalue weighted by atomic mass is 10.1. The Morgan fingerprint density at radius 3 is 2.31 bits per heavy atom. The molecule has 84 valence electrons. The van der Waals surface area contributed by atoms with Crippen LogP contribution in [0.3, 0.4) is 0 Å². The van der Waals surface area contributed by atoms with E-state index < -0.39 is 28.8 Å². The molecular formula is C9H5F4N3. The molecule has 0 saturated heterocycles. The van der Waals surface area contributed by atoms with Crippen LogP contribution in [0.2, 0.25) is 0 Å². The molecule has 2 rings (SSSR count). The summed E-state index contributed by atoms with van der Waals surface area (Å²) >= 11 is 0. The molecule has 0 atom stereocenters. The van der Waals surface area contributed by atoms with Gasteiger partial charge in [0, 0.05) is 5.56 Å². The molecule has 0 radical (unpaired) electrons. The zero-order valence-electron chi connectivity index (χ0n) is 7.69. The van der Waals surface area contributed by atoms with E-state index in [0.29, 0.717) is 6.07 Å². The standard InChI is InChI=1S/C9H5F4N3/c10-4-1-3(6(11)8(13)7(4)12)9-5(14)2-15-16-9/h1-2H,14H2,(H,15,16). The number of hydrogen-bond acceptors (Lipinski definition) is 2. The summed E-state index contributed by atoms with van der Waals surface area (Å²) < 4.78 is 51.8. The lowest BCUT2D eigenvalue weighted by molar-refractivity contribution is 0.410. The van der Waals surface area contributed by atoms with Crippen molar-refractivity contribution in [2.45, 2.75) is 0 Å². The predicted octanol–water partition coefficient (Wildman–Crippen LogP) is 2.22. The van der Waals surface area contributed by atoms with Gasteiger partial charge in [0.1, 0.15) is 0 Å². The second kappa shape index (κ2) is 3.51. The Bertz CT molecular complexity index is 550. The summed E-state index contributed by atoms with van der Waals surface area (Å²) in [5.74, 6) is -6.76. The van der Waals surface area contributed by atoms with Gasteiger partial charge in [0.05, 0.1) is 17.6 Å². The van der Waals surface area contributed by atoms with Crippen LogP contribution >= 0.6 is 0 Å². The van der Waals surface area contributed by atoms with Gasteiger partial charge in [-0.3, -0.25) is 5.10 Å². The fraction of sp³-hybridized carbons (Fsp3) is 0. The predicted molar refractivity (Wildman–Crippen MR) is 48.3 cm³/mol. The van der Waals surface area contributed by atoms with Crippen molar-refractivity contribution in [3.05, 3.63) is 35.5 Å². The van der Waals surface area contributed by atoms with Crippen LogP contribution in [0.5, 0.6) is 0 Å². The lowest BCUT2D eigenvalue weighted by Crippen LogP contribution is -2.00. The van der Waals surface area contributed by atoms with E-state index in [-0.39, 0.29) is 11.4 Å². The molecule has 0 aliphatic rings. The number of benzene rings is 1. The van der Waals surface area contributed by atoms with Crippen molar-refractivity contribution in [2.75, 3.05) is 5.73 Å². The van der Waals surface area contributed by atoms with Crippen molar-refractivity contribution in [3.8, 4) is 11.3 Å². The van der Waals surface area contributed by atoms with E-state index in [2.05, 4.69) is 10.2 Å². The molecule has 0 aliphatic heterocycles. The third kappa shape index (κ3) is 1.40. The van der Waals surface area contributed by atoms with Crippen molar-refractivity contribution >= 4 is 5.69 Å². The molecule has 3 nitrogen and oxygen atoms in total.